The van der Waals surface area contributed by atoms with Crippen LogP contribution in [-0.2, 0) is 21.2 Å². The number of sulfone groups is 1. The molecule has 2 aromatic carbocycles. The quantitative estimate of drug-likeness (QED) is 0.678. The number of ether oxygens (including phenoxy) is 1. The highest BCUT2D eigenvalue weighted by Gasteiger charge is 2.38. The molecule has 0 aromatic heterocycles. The number of fused-ring (bicyclic) bond motifs is 1. The second-order valence-corrected chi connectivity index (χ2v) is 10.2. The topological polar surface area (TPSA) is 112 Å². The highest BCUT2D eigenvalue weighted by atomic mass is 35.5. The van der Waals surface area contributed by atoms with Gasteiger partial charge in [0.05, 0.1) is 5.57 Å². The monoisotopic (exact) mass is 474 g/mol. The second-order valence-electron chi connectivity index (χ2n) is 6.64. The molecule has 0 aliphatic carbocycles. The Balaban J connectivity index is 1.49. The van der Waals surface area contributed by atoms with Gasteiger partial charge in [0.25, 0.3) is 5.91 Å². The van der Waals surface area contributed by atoms with Crippen molar-refractivity contribution in [1.29, 1.82) is 5.41 Å². The van der Waals surface area contributed by atoms with Crippen molar-refractivity contribution in [2.75, 3.05) is 6.26 Å². The molecule has 0 saturated heterocycles. The molecule has 1 N–H and O–H groups in total. The van der Waals surface area contributed by atoms with Crippen molar-refractivity contribution in [2.24, 2.45) is 10.1 Å². The predicted molar refractivity (Wildman–Crippen MR) is 122 cm³/mol. The van der Waals surface area contributed by atoms with Crippen molar-refractivity contribution in [1.82, 2.24) is 5.01 Å². The van der Waals surface area contributed by atoms with E-state index < -0.39 is 15.7 Å². The first-order chi connectivity index (χ1) is 14.7. The SMILES string of the molecule is CS(=O)(=O)C1=NN2C(=N)/C(=C/c3ccc(OCc4ccc(Cl)cc4)cc3)C(=O)N=C2S1. The van der Waals surface area contributed by atoms with E-state index >= 15 is 0 Å². The highest BCUT2D eigenvalue weighted by molar-refractivity contribution is 8.42. The summed E-state index contributed by atoms with van der Waals surface area (Å²) in [7, 11) is -3.57. The Morgan fingerprint density at radius 1 is 1.16 bits per heavy atom. The molecule has 0 saturated carbocycles. The number of amidine groups is 2. The molecule has 0 unspecified atom stereocenters. The van der Waals surface area contributed by atoms with Crippen LogP contribution in [0.5, 0.6) is 5.75 Å². The van der Waals surface area contributed by atoms with Gasteiger partial charge in [-0.1, -0.05) is 35.9 Å². The van der Waals surface area contributed by atoms with E-state index in [1.165, 1.54) is 6.08 Å². The Morgan fingerprint density at radius 3 is 2.48 bits per heavy atom. The maximum absolute atomic E-state index is 12.4. The van der Waals surface area contributed by atoms with Crippen LogP contribution in [0.2, 0.25) is 5.02 Å². The lowest BCUT2D eigenvalue weighted by Crippen LogP contribution is -2.35. The summed E-state index contributed by atoms with van der Waals surface area (Å²) in [6.45, 7) is 0.380. The van der Waals surface area contributed by atoms with Crippen molar-refractivity contribution in [3.63, 3.8) is 0 Å². The van der Waals surface area contributed by atoms with Crippen LogP contribution in [0.1, 0.15) is 11.1 Å². The maximum Gasteiger partial charge on any atom is 0.283 e. The lowest BCUT2D eigenvalue weighted by molar-refractivity contribution is -0.114. The first-order valence-corrected chi connectivity index (χ1v) is 12.0. The zero-order chi connectivity index (χ0) is 22.2. The molecule has 0 fully saturated rings. The van der Waals surface area contributed by atoms with Crippen molar-refractivity contribution in [3.8, 4) is 5.75 Å². The molecule has 2 aliphatic rings. The summed E-state index contributed by atoms with van der Waals surface area (Å²) in [5, 5.41) is 13.9. The van der Waals surface area contributed by atoms with E-state index in [-0.39, 0.29) is 21.0 Å². The molecule has 0 atom stereocenters. The number of carbonyl (C=O) groups is 1. The minimum Gasteiger partial charge on any atom is -0.489 e. The third kappa shape index (κ3) is 4.71. The molecular formula is C20H15ClN4O4S2. The van der Waals surface area contributed by atoms with Crippen LogP contribution in [0, 0.1) is 5.41 Å². The predicted octanol–water partition coefficient (Wildman–Crippen LogP) is 3.54. The van der Waals surface area contributed by atoms with Crippen LogP contribution in [0.3, 0.4) is 0 Å². The van der Waals surface area contributed by atoms with Crippen LogP contribution >= 0.6 is 23.4 Å². The molecule has 11 heteroatoms. The van der Waals surface area contributed by atoms with E-state index in [0.29, 0.717) is 22.9 Å². The number of carbonyl (C=O) groups excluding carboxylic acids is 1. The maximum atomic E-state index is 12.4. The van der Waals surface area contributed by atoms with Crippen LogP contribution in [0.25, 0.3) is 6.08 Å². The van der Waals surface area contributed by atoms with Gasteiger partial charge in [0.15, 0.2) is 5.84 Å². The molecule has 4 rings (SSSR count). The summed E-state index contributed by atoms with van der Waals surface area (Å²) >= 11 is 6.62. The van der Waals surface area contributed by atoms with Gasteiger partial charge in [-0.25, -0.2) is 8.42 Å². The molecule has 31 heavy (non-hydrogen) atoms. The zero-order valence-corrected chi connectivity index (χ0v) is 18.5. The Hall–Kier alpha value is -2.95. The fourth-order valence-corrected chi connectivity index (χ4v) is 4.51. The van der Waals surface area contributed by atoms with E-state index in [0.717, 1.165) is 28.6 Å². The average molecular weight is 475 g/mol. The van der Waals surface area contributed by atoms with Gasteiger partial charge in [-0.3, -0.25) is 10.2 Å². The zero-order valence-electron chi connectivity index (χ0n) is 16.1. The standard InChI is InChI=1S/C20H15ClN4O4S2/c1-31(27,28)20-24-25-17(22)16(18(26)23-19(25)30-20)10-12-4-8-15(9-5-12)29-11-13-2-6-14(21)7-3-13/h2-10,22H,11H2,1H3/b16-10-,22-17?. The third-order valence-electron chi connectivity index (χ3n) is 4.26. The molecule has 1 amide bonds. The number of hydrogen-bond acceptors (Lipinski definition) is 7. The van der Waals surface area contributed by atoms with Gasteiger partial charge in [-0.2, -0.15) is 10.0 Å². The average Bonchev–Trinajstić information content (AvgIpc) is 3.16. The minimum absolute atomic E-state index is 0.0117. The summed E-state index contributed by atoms with van der Waals surface area (Å²) in [6, 6.07) is 14.3. The highest BCUT2D eigenvalue weighted by Crippen LogP contribution is 2.30. The molecule has 158 valence electrons. The molecule has 0 spiro atoms. The number of amides is 1. The van der Waals surface area contributed by atoms with Crippen LogP contribution in [0.15, 0.2) is 64.2 Å². The van der Waals surface area contributed by atoms with Crippen molar-refractivity contribution >= 4 is 60.6 Å². The van der Waals surface area contributed by atoms with Gasteiger partial charge in [0.2, 0.25) is 19.4 Å². The number of aliphatic imine (C=N–C) groups is 1. The van der Waals surface area contributed by atoms with Crippen LogP contribution in [-0.4, -0.2) is 41.0 Å². The number of nitrogens with one attached hydrogen (secondary N) is 1. The smallest absolute Gasteiger partial charge is 0.283 e. The number of thioether (sulfide) groups is 1. The lowest BCUT2D eigenvalue weighted by atomic mass is 10.1. The molecule has 0 bridgehead atoms. The molecule has 8 nitrogen and oxygen atoms in total. The summed E-state index contributed by atoms with van der Waals surface area (Å²) in [6.07, 6.45) is 2.52. The van der Waals surface area contributed by atoms with Gasteiger partial charge in [-0.15, -0.1) is 5.10 Å². The molecule has 0 radical (unpaired) electrons. The Morgan fingerprint density at radius 2 is 1.84 bits per heavy atom. The number of rotatable bonds is 4. The third-order valence-corrected chi connectivity index (χ3v) is 7.09. The molecule has 2 aromatic rings. The van der Waals surface area contributed by atoms with Gasteiger partial charge in [-0.05, 0) is 53.2 Å². The normalized spacial score (nSPS) is 17.5. The van der Waals surface area contributed by atoms with Gasteiger partial charge in [0, 0.05) is 11.3 Å². The van der Waals surface area contributed by atoms with E-state index in [9.17, 15) is 13.2 Å². The second kappa shape index (κ2) is 8.29. The summed E-state index contributed by atoms with van der Waals surface area (Å²) < 4.78 is 29.0. The van der Waals surface area contributed by atoms with Crippen LogP contribution in [0.4, 0.5) is 0 Å². The van der Waals surface area contributed by atoms with Crippen molar-refractivity contribution in [3.05, 3.63) is 70.3 Å². The Kier molecular flexibility index (Phi) is 5.69. The summed E-state index contributed by atoms with van der Waals surface area (Å²) in [5.74, 6) is -0.221. The van der Waals surface area contributed by atoms with Crippen molar-refractivity contribution < 1.29 is 17.9 Å². The van der Waals surface area contributed by atoms with E-state index in [1.807, 2.05) is 12.1 Å². The number of hydrazone groups is 1. The van der Waals surface area contributed by atoms with Crippen LogP contribution < -0.4 is 4.74 Å². The van der Waals surface area contributed by atoms with E-state index in [1.54, 1.807) is 36.4 Å². The summed E-state index contributed by atoms with van der Waals surface area (Å²) in [4.78, 5) is 16.3. The molecule has 2 heterocycles. The first kappa shape index (κ1) is 21.3. The van der Waals surface area contributed by atoms with Crippen molar-refractivity contribution in [2.45, 2.75) is 6.61 Å². The first-order valence-electron chi connectivity index (χ1n) is 8.88. The lowest BCUT2D eigenvalue weighted by Gasteiger charge is -2.20. The Bertz CT molecular complexity index is 1270. The number of nitrogens with zero attached hydrogens (tertiary/aromatic N) is 3. The number of halogens is 1. The van der Waals surface area contributed by atoms with E-state index in [4.69, 9.17) is 21.7 Å². The molecular weight excluding hydrogens is 460 g/mol. The minimum atomic E-state index is -3.57. The fraction of sp³-hybridized carbons (Fsp3) is 0.100. The van der Waals surface area contributed by atoms with Gasteiger partial charge < -0.3 is 4.74 Å². The van der Waals surface area contributed by atoms with Gasteiger partial charge >= 0.3 is 0 Å². The Labute approximate surface area is 187 Å². The van der Waals surface area contributed by atoms with Gasteiger partial charge in [0.1, 0.15) is 12.4 Å². The largest absolute Gasteiger partial charge is 0.489 e. The van der Waals surface area contributed by atoms with E-state index in [2.05, 4.69) is 10.1 Å². The number of benzene rings is 2. The summed E-state index contributed by atoms with van der Waals surface area (Å²) in [5.41, 5.74) is 1.64. The fourth-order valence-electron chi connectivity index (χ4n) is 2.70. The number of hydrogen-bond donors (Lipinski definition) is 1. The molecule has 2 aliphatic heterocycles.